The van der Waals surface area contributed by atoms with E-state index in [0.717, 1.165) is 46.6 Å². The number of carbonyl (C=O) groups is 1. The van der Waals surface area contributed by atoms with E-state index in [1.54, 1.807) is 11.8 Å². The topological polar surface area (TPSA) is 72.3 Å². The Morgan fingerprint density at radius 1 is 1.09 bits per heavy atom. The molecule has 2 aromatic heterocycles. The molecule has 0 radical (unpaired) electrons. The van der Waals surface area contributed by atoms with E-state index < -0.39 is 0 Å². The van der Waals surface area contributed by atoms with Crippen molar-refractivity contribution in [3.05, 3.63) is 41.1 Å². The van der Waals surface area contributed by atoms with E-state index in [1.807, 2.05) is 26.1 Å². The summed E-state index contributed by atoms with van der Waals surface area (Å²) in [6.45, 7) is 6.27. The first-order valence-corrected chi connectivity index (χ1v) is 11.5. The summed E-state index contributed by atoms with van der Waals surface area (Å²) >= 11 is 0. The number of hydrogen-bond acceptors (Lipinski definition) is 5. The molecule has 0 aliphatic carbocycles. The van der Waals surface area contributed by atoms with Crippen LogP contribution >= 0.6 is 0 Å². The monoisotopic (exact) mass is 435 g/mol. The standard InChI is InChI=1S/C25H33N5O2/c1-17-21(18(2)26-24-23(17)25(32-4)28-29(24)3)13-14-22(31)27-19-9-11-20(12-10-19)30-15-7-5-6-8-16-30/h9-12H,5-8,13-16H2,1-4H3,(H,27,31). The van der Waals surface area contributed by atoms with Crippen molar-refractivity contribution in [2.75, 3.05) is 30.4 Å². The van der Waals surface area contributed by atoms with Gasteiger partial charge >= 0.3 is 0 Å². The minimum Gasteiger partial charge on any atom is -0.479 e. The Morgan fingerprint density at radius 2 is 1.78 bits per heavy atom. The zero-order valence-corrected chi connectivity index (χ0v) is 19.6. The highest BCUT2D eigenvalue weighted by Gasteiger charge is 2.18. The molecule has 1 aliphatic rings. The summed E-state index contributed by atoms with van der Waals surface area (Å²) in [5.41, 5.74) is 5.96. The molecule has 7 nitrogen and oxygen atoms in total. The summed E-state index contributed by atoms with van der Waals surface area (Å²) in [5.74, 6) is 0.576. The van der Waals surface area contributed by atoms with Crippen LogP contribution in [0.5, 0.6) is 5.88 Å². The fraction of sp³-hybridized carbons (Fsp3) is 0.480. The summed E-state index contributed by atoms with van der Waals surface area (Å²) in [7, 11) is 3.48. The van der Waals surface area contributed by atoms with Crippen molar-refractivity contribution in [1.29, 1.82) is 0 Å². The van der Waals surface area contributed by atoms with Gasteiger partial charge < -0.3 is 15.0 Å². The van der Waals surface area contributed by atoms with Gasteiger partial charge in [0.15, 0.2) is 5.65 Å². The first-order chi connectivity index (χ1) is 15.5. The molecule has 170 valence electrons. The number of fused-ring (bicyclic) bond motifs is 1. The van der Waals surface area contributed by atoms with Crippen LogP contribution in [0.1, 0.15) is 48.9 Å². The lowest BCUT2D eigenvalue weighted by Gasteiger charge is -2.22. The highest BCUT2D eigenvalue weighted by atomic mass is 16.5. The third kappa shape index (κ3) is 4.56. The van der Waals surface area contributed by atoms with E-state index in [4.69, 9.17) is 9.72 Å². The number of methoxy groups -OCH3 is 1. The maximum absolute atomic E-state index is 12.6. The summed E-state index contributed by atoms with van der Waals surface area (Å²) in [5, 5.41) is 8.35. The Labute approximate surface area is 189 Å². The molecule has 0 spiro atoms. The van der Waals surface area contributed by atoms with Crippen molar-refractivity contribution in [2.45, 2.75) is 52.4 Å². The SMILES string of the molecule is COc1nn(C)c2nc(C)c(CCC(=O)Nc3ccc(N4CCCCCC4)cc3)c(C)c12. The maximum Gasteiger partial charge on any atom is 0.242 e. The molecule has 0 atom stereocenters. The van der Waals surface area contributed by atoms with Crippen LogP contribution in [0.15, 0.2) is 24.3 Å². The molecule has 3 aromatic rings. The minimum absolute atomic E-state index is 0.00423. The molecule has 1 aliphatic heterocycles. The first-order valence-electron chi connectivity index (χ1n) is 11.5. The van der Waals surface area contributed by atoms with Crippen LogP contribution in [0, 0.1) is 13.8 Å². The fourth-order valence-electron chi connectivity index (χ4n) is 4.65. The number of amides is 1. The summed E-state index contributed by atoms with van der Waals surface area (Å²) < 4.78 is 7.17. The number of pyridine rings is 1. The van der Waals surface area contributed by atoms with Crippen molar-refractivity contribution < 1.29 is 9.53 Å². The van der Waals surface area contributed by atoms with Crippen molar-refractivity contribution in [3.8, 4) is 5.88 Å². The van der Waals surface area contributed by atoms with E-state index in [2.05, 4.69) is 34.4 Å². The summed E-state index contributed by atoms with van der Waals surface area (Å²) in [6.07, 6.45) is 6.16. The quantitative estimate of drug-likeness (QED) is 0.615. The number of benzene rings is 1. The van der Waals surface area contributed by atoms with E-state index >= 15 is 0 Å². The molecule has 4 rings (SSSR count). The molecule has 0 unspecified atom stereocenters. The highest BCUT2D eigenvalue weighted by molar-refractivity contribution is 5.91. The molecule has 32 heavy (non-hydrogen) atoms. The van der Waals surface area contributed by atoms with Gasteiger partial charge in [0, 0.05) is 43.6 Å². The van der Waals surface area contributed by atoms with Gasteiger partial charge in [0.25, 0.3) is 0 Å². The predicted molar refractivity (Wildman–Crippen MR) is 129 cm³/mol. The van der Waals surface area contributed by atoms with Crippen LogP contribution in [0.3, 0.4) is 0 Å². The molecule has 0 saturated carbocycles. The lowest BCUT2D eigenvalue weighted by atomic mass is 10.00. The lowest BCUT2D eigenvalue weighted by Crippen LogP contribution is -2.23. The number of ether oxygens (including phenoxy) is 1. The van der Waals surface area contributed by atoms with Gasteiger partial charge in [-0.15, -0.1) is 5.10 Å². The molecular formula is C25H33N5O2. The number of aromatic nitrogens is 3. The van der Waals surface area contributed by atoms with Crippen LogP contribution in [0.25, 0.3) is 11.0 Å². The van der Waals surface area contributed by atoms with Crippen LogP contribution in [-0.4, -0.2) is 40.9 Å². The van der Waals surface area contributed by atoms with Gasteiger partial charge in [-0.2, -0.15) is 0 Å². The smallest absolute Gasteiger partial charge is 0.242 e. The number of nitrogens with zero attached hydrogens (tertiary/aromatic N) is 4. The molecule has 1 saturated heterocycles. The lowest BCUT2D eigenvalue weighted by molar-refractivity contribution is -0.116. The minimum atomic E-state index is 0.00423. The van der Waals surface area contributed by atoms with Gasteiger partial charge in [0.05, 0.1) is 12.5 Å². The molecule has 1 fully saturated rings. The third-order valence-corrected chi connectivity index (χ3v) is 6.44. The third-order valence-electron chi connectivity index (χ3n) is 6.44. The van der Waals surface area contributed by atoms with E-state index in [0.29, 0.717) is 18.7 Å². The van der Waals surface area contributed by atoms with Gasteiger partial charge in [-0.25, -0.2) is 9.67 Å². The molecule has 7 heteroatoms. The Hall–Kier alpha value is -3.09. The number of nitrogens with one attached hydrogen (secondary N) is 1. The van der Waals surface area contributed by atoms with Gasteiger partial charge in [0.1, 0.15) is 0 Å². The van der Waals surface area contributed by atoms with Crippen molar-refractivity contribution >= 4 is 28.3 Å². The molecular weight excluding hydrogens is 402 g/mol. The Kier molecular flexibility index (Phi) is 6.63. The summed E-state index contributed by atoms with van der Waals surface area (Å²) in [4.78, 5) is 19.8. The van der Waals surface area contributed by atoms with E-state index in [-0.39, 0.29) is 5.91 Å². The zero-order valence-electron chi connectivity index (χ0n) is 19.6. The average Bonchev–Trinajstić information content (AvgIpc) is 2.95. The number of hydrogen-bond donors (Lipinski definition) is 1. The number of carbonyl (C=O) groups excluding carboxylic acids is 1. The average molecular weight is 436 g/mol. The van der Waals surface area contributed by atoms with Gasteiger partial charge in [-0.05, 0) is 68.5 Å². The van der Waals surface area contributed by atoms with Crippen LogP contribution in [-0.2, 0) is 18.3 Å². The number of anilines is 2. The molecule has 0 bridgehead atoms. The van der Waals surface area contributed by atoms with Crippen molar-refractivity contribution in [3.63, 3.8) is 0 Å². The van der Waals surface area contributed by atoms with Crippen molar-refractivity contribution in [2.24, 2.45) is 7.05 Å². The van der Waals surface area contributed by atoms with Crippen molar-refractivity contribution in [1.82, 2.24) is 14.8 Å². The van der Waals surface area contributed by atoms with Crippen LogP contribution < -0.4 is 15.0 Å². The molecule has 3 heterocycles. The number of rotatable bonds is 6. The zero-order chi connectivity index (χ0) is 22.7. The second kappa shape index (κ2) is 9.59. The molecule has 1 N–H and O–H groups in total. The maximum atomic E-state index is 12.6. The number of aryl methyl sites for hydroxylation is 3. The van der Waals surface area contributed by atoms with Gasteiger partial charge in [0.2, 0.25) is 11.8 Å². The normalized spacial score (nSPS) is 14.4. The van der Waals surface area contributed by atoms with Gasteiger partial charge in [-0.1, -0.05) is 12.8 Å². The molecule has 1 amide bonds. The first kappa shape index (κ1) is 22.1. The second-order valence-corrected chi connectivity index (χ2v) is 8.63. The van der Waals surface area contributed by atoms with E-state index in [9.17, 15) is 4.79 Å². The molecule has 1 aromatic carbocycles. The van der Waals surface area contributed by atoms with E-state index in [1.165, 1.54) is 31.4 Å². The predicted octanol–water partition coefficient (Wildman–Crippen LogP) is 4.55. The van der Waals surface area contributed by atoms with Crippen LogP contribution in [0.4, 0.5) is 11.4 Å². The van der Waals surface area contributed by atoms with Crippen LogP contribution in [0.2, 0.25) is 0 Å². The van der Waals surface area contributed by atoms with Gasteiger partial charge in [-0.3, -0.25) is 4.79 Å². The fourth-order valence-corrected chi connectivity index (χ4v) is 4.65. The highest BCUT2D eigenvalue weighted by Crippen LogP contribution is 2.30. The summed E-state index contributed by atoms with van der Waals surface area (Å²) in [6, 6.07) is 8.23. The Morgan fingerprint density at radius 3 is 2.44 bits per heavy atom. The Balaban J connectivity index is 1.41. The second-order valence-electron chi connectivity index (χ2n) is 8.63. The Bertz CT molecular complexity index is 1100. The largest absolute Gasteiger partial charge is 0.479 e.